The number of hydrogen-bond acceptors (Lipinski definition) is 3. The molecule has 0 aromatic carbocycles. The molecular formula is C11H22N2S. The first-order valence-electron chi connectivity index (χ1n) is 5.97. The molecular weight excluding hydrogens is 192 g/mol. The fourth-order valence-corrected chi connectivity index (χ4v) is 3.79. The maximum atomic E-state index is 3.72. The van der Waals surface area contributed by atoms with Crippen LogP contribution in [0.4, 0.5) is 0 Å². The Morgan fingerprint density at radius 3 is 3.21 bits per heavy atom. The van der Waals surface area contributed by atoms with Gasteiger partial charge in [0.2, 0.25) is 0 Å². The van der Waals surface area contributed by atoms with Crippen LogP contribution in [0.3, 0.4) is 0 Å². The summed E-state index contributed by atoms with van der Waals surface area (Å²) in [6.45, 7) is 6.11. The van der Waals surface area contributed by atoms with Crippen LogP contribution >= 0.6 is 11.8 Å². The summed E-state index contributed by atoms with van der Waals surface area (Å²) in [4.78, 5) is 2.70. The second kappa shape index (κ2) is 5.38. The predicted octanol–water partition coefficient (Wildman–Crippen LogP) is 1.57. The highest BCUT2D eigenvalue weighted by Crippen LogP contribution is 2.25. The Labute approximate surface area is 91.8 Å². The molecule has 2 fully saturated rings. The molecule has 82 valence electrons. The van der Waals surface area contributed by atoms with E-state index in [9.17, 15) is 0 Å². The Kier molecular flexibility index (Phi) is 4.14. The van der Waals surface area contributed by atoms with Gasteiger partial charge in [0.05, 0.1) is 0 Å². The van der Waals surface area contributed by atoms with Crippen LogP contribution in [0, 0.1) is 0 Å². The zero-order valence-corrected chi connectivity index (χ0v) is 9.98. The molecule has 2 saturated heterocycles. The van der Waals surface area contributed by atoms with Crippen LogP contribution in [0.25, 0.3) is 0 Å². The number of thioether (sulfide) groups is 1. The molecule has 14 heavy (non-hydrogen) atoms. The van der Waals surface area contributed by atoms with Crippen molar-refractivity contribution in [1.29, 1.82) is 0 Å². The lowest BCUT2D eigenvalue weighted by Gasteiger charge is -2.44. The van der Waals surface area contributed by atoms with Gasteiger partial charge in [0.25, 0.3) is 0 Å². The van der Waals surface area contributed by atoms with Crippen molar-refractivity contribution in [3.63, 3.8) is 0 Å². The van der Waals surface area contributed by atoms with E-state index in [0.717, 1.165) is 12.1 Å². The summed E-state index contributed by atoms with van der Waals surface area (Å²) in [5.41, 5.74) is 0. The van der Waals surface area contributed by atoms with Crippen LogP contribution in [0.5, 0.6) is 0 Å². The number of hydrogen-bond donors (Lipinski definition) is 1. The quantitative estimate of drug-likeness (QED) is 0.768. The predicted molar refractivity (Wildman–Crippen MR) is 64.0 cm³/mol. The fourth-order valence-electron chi connectivity index (χ4n) is 2.58. The van der Waals surface area contributed by atoms with Gasteiger partial charge in [-0.15, -0.1) is 0 Å². The average Bonchev–Trinajstić information content (AvgIpc) is 2.26. The maximum Gasteiger partial charge on any atom is 0.0340 e. The lowest BCUT2D eigenvalue weighted by molar-refractivity contribution is 0.130. The van der Waals surface area contributed by atoms with E-state index in [-0.39, 0.29) is 0 Å². The van der Waals surface area contributed by atoms with Crippen LogP contribution in [-0.2, 0) is 0 Å². The van der Waals surface area contributed by atoms with E-state index < -0.39 is 0 Å². The fraction of sp³-hybridized carbons (Fsp3) is 1.00. The number of piperidine rings is 1. The van der Waals surface area contributed by atoms with Gasteiger partial charge in [0.15, 0.2) is 0 Å². The van der Waals surface area contributed by atoms with Crippen molar-refractivity contribution in [2.75, 3.05) is 31.1 Å². The summed E-state index contributed by atoms with van der Waals surface area (Å²) < 4.78 is 0. The van der Waals surface area contributed by atoms with E-state index in [0.29, 0.717) is 0 Å². The van der Waals surface area contributed by atoms with Crippen molar-refractivity contribution in [3.8, 4) is 0 Å². The summed E-state index contributed by atoms with van der Waals surface area (Å²) in [5.74, 6) is 2.69. The van der Waals surface area contributed by atoms with Crippen molar-refractivity contribution in [3.05, 3.63) is 0 Å². The molecule has 3 heteroatoms. The SMILES string of the molecule is CCCNC1CCCN2CCSCC12. The summed E-state index contributed by atoms with van der Waals surface area (Å²) in [7, 11) is 0. The monoisotopic (exact) mass is 214 g/mol. The van der Waals surface area contributed by atoms with E-state index in [4.69, 9.17) is 0 Å². The average molecular weight is 214 g/mol. The molecule has 2 heterocycles. The Hall–Kier alpha value is 0.270. The van der Waals surface area contributed by atoms with Crippen molar-refractivity contribution < 1.29 is 0 Å². The molecule has 2 unspecified atom stereocenters. The van der Waals surface area contributed by atoms with Gasteiger partial charge >= 0.3 is 0 Å². The van der Waals surface area contributed by atoms with Crippen molar-refractivity contribution in [2.45, 2.75) is 38.3 Å². The normalized spacial score (nSPS) is 34.1. The van der Waals surface area contributed by atoms with Gasteiger partial charge in [-0.05, 0) is 32.4 Å². The molecule has 0 spiro atoms. The number of fused-ring (bicyclic) bond motifs is 1. The van der Waals surface area contributed by atoms with Gasteiger partial charge in [0, 0.05) is 30.1 Å². The largest absolute Gasteiger partial charge is 0.312 e. The van der Waals surface area contributed by atoms with Crippen LogP contribution in [-0.4, -0.2) is 48.1 Å². The van der Waals surface area contributed by atoms with Crippen LogP contribution in [0.2, 0.25) is 0 Å². The molecule has 0 radical (unpaired) electrons. The summed E-state index contributed by atoms with van der Waals surface area (Å²) >= 11 is 2.14. The lowest BCUT2D eigenvalue weighted by Crippen LogP contribution is -2.57. The Balaban J connectivity index is 1.88. The molecule has 1 N–H and O–H groups in total. The molecule has 2 nitrogen and oxygen atoms in total. The van der Waals surface area contributed by atoms with Gasteiger partial charge in [-0.25, -0.2) is 0 Å². The van der Waals surface area contributed by atoms with Crippen molar-refractivity contribution >= 4 is 11.8 Å². The first-order valence-corrected chi connectivity index (χ1v) is 7.12. The third kappa shape index (κ3) is 2.44. The van der Waals surface area contributed by atoms with Gasteiger partial charge in [-0.2, -0.15) is 11.8 Å². The summed E-state index contributed by atoms with van der Waals surface area (Å²) in [6, 6.07) is 1.60. The maximum absolute atomic E-state index is 3.72. The standard InChI is InChI=1S/C11H22N2S/c1-2-5-12-10-4-3-6-13-7-8-14-9-11(10)13/h10-12H,2-9H2,1H3. The smallest absolute Gasteiger partial charge is 0.0340 e. The molecule has 2 aliphatic heterocycles. The number of rotatable bonds is 3. The molecule has 2 aliphatic rings. The van der Waals surface area contributed by atoms with Crippen LogP contribution in [0.15, 0.2) is 0 Å². The van der Waals surface area contributed by atoms with E-state index in [2.05, 4.69) is 28.9 Å². The van der Waals surface area contributed by atoms with E-state index in [1.807, 2.05) is 0 Å². The van der Waals surface area contributed by atoms with E-state index in [1.165, 1.54) is 50.4 Å². The van der Waals surface area contributed by atoms with Gasteiger partial charge in [-0.3, -0.25) is 4.90 Å². The molecule has 0 bridgehead atoms. The minimum absolute atomic E-state index is 0.775. The minimum Gasteiger partial charge on any atom is -0.312 e. The molecule has 0 aromatic heterocycles. The minimum atomic E-state index is 0.775. The topological polar surface area (TPSA) is 15.3 Å². The zero-order valence-electron chi connectivity index (χ0n) is 9.17. The third-order valence-corrected chi connectivity index (χ3v) is 4.41. The second-order valence-electron chi connectivity index (χ2n) is 4.38. The third-order valence-electron chi connectivity index (χ3n) is 3.36. The van der Waals surface area contributed by atoms with Crippen molar-refractivity contribution in [1.82, 2.24) is 10.2 Å². The van der Waals surface area contributed by atoms with E-state index in [1.54, 1.807) is 0 Å². The second-order valence-corrected chi connectivity index (χ2v) is 5.53. The zero-order chi connectivity index (χ0) is 9.80. The lowest BCUT2D eigenvalue weighted by atomic mass is 9.97. The first-order chi connectivity index (χ1) is 6.92. The summed E-state index contributed by atoms with van der Waals surface area (Å²) in [5, 5.41) is 3.72. The molecule has 0 aliphatic carbocycles. The van der Waals surface area contributed by atoms with E-state index >= 15 is 0 Å². The summed E-state index contributed by atoms with van der Waals surface area (Å²) in [6.07, 6.45) is 4.04. The molecule has 2 atom stereocenters. The van der Waals surface area contributed by atoms with Crippen LogP contribution in [0.1, 0.15) is 26.2 Å². The highest BCUT2D eigenvalue weighted by atomic mass is 32.2. The number of nitrogens with zero attached hydrogens (tertiary/aromatic N) is 1. The Bertz CT molecular complexity index is 173. The molecule has 0 aromatic rings. The Morgan fingerprint density at radius 1 is 1.43 bits per heavy atom. The molecule has 0 amide bonds. The first kappa shape index (κ1) is 10.8. The highest BCUT2D eigenvalue weighted by Gasteiger charge is 2.32. The highest BCUT2D eigenvalue weighted by molar-refractivity contribution is 7.99. The molecule has 0 saturated carbocycles. The van der Waals surface area contributed by atoms with Crippen LogP contribution < -0.4 is 5.32 Å². The molecule has 2 rings (SSSR count). The number of nitrogens with one attached hydrogen (secondary N) is 1. The van der Waals surface area contributed by atoms with Gasteiger partial charge in [0.1, 0.15) is 0 Å². The van der Waals surface area contributed by atoms with Crippen molar-refractivity contribution in [2.24, 2.45) is 0 Å². The van der Waals surface area contributed by atoms with Gasteiger partial charge < -0.3 is 5.32 Å². The van der Waals surface area contributed by atoms with Gasteiger partial charge in [-0.1, -0.05) is 6.92 Å². The Morgan fingerprint density at radius 2 is 2.36 bits per heavy atom.